The Balaban J connectivity index is 1.90. The maximum atomic E-state index is 13.1. The molecule has 0 saturated heterocycles. The minimum atomic E-state index is -0.293. The summed E-state index contributed by atoms with van der Waals surface area (Å²) in [7, 11) is 1.71. The van der Waals surface area contributed by atoms with Crippen molar-refractivity contribution >= 4 is 29.3 Å². The van der Waals surface area contributed by atoms with Gasteiger partial charge >= 0.3 is 0 Å². The van der Waals surface area contributed by atoms with E-state index in [1.807, 2.05) is 18.2 Å². The van der Waals surface area contributed by atoms with Gasteiger partial charge in [-0.3, -0.25) is 4.79 Å². The Bertz CT molecular complexity index is 635. The lowest BCUT2D eigenvalue weighted by Gasteiger charge is -2.17. The molecule has 0 fully saturated rings. The van der Waals surface area contributed by atoms with Crippen molar-refractivity contribution in [2.75, 3.05) is 12.8 Å². The average molecular weight is 324 g/mol. The average Bonchev–Trinajstić information content (AvgIpc) is 2.46. The number of benzene rings is 2. The van der Waals surface area contributed by atoms with E-state index in [1.165, 1.54) is 23.9 Å². The summed E-state index contributed by atoms with van der Waals surface area (Å²) in [5.74, 6) is -0.0156. The molecule has 2 nitrogen and oxygen atoms in total. The first-order chi connectivity index (χ1) is 10.1. The molecule has 0 heterocycles. The van der Waals surface area contributed by atoms with Crippen molar-refractivity contribution in [3.05, 3.63) is 64.9 Å². The maximum Gasteiger partial charge on any atom is 0.232 e. The Kier molecular flexibility index (Phi) is 5.65. The quantitative estimate of drug-likeness (QED) is 0.767. The first kappa shape index (κ1) is 15.9. The molecule has 21 heavy (non-hydrogen) atoms. The molecule has 0 radical (unpaired) electrons. The standard InChI is InChI=1S/C16H15ClFNOS/c1-19(10-12-5-4-6-13(18)9-12)16(20)11-21-15-8-3-2-7-14(15)17/h2-9H,10-11H2,1H3. The van der Waals surface area contributed by atoms with Crippen LogP contribution < -0.4 is 0 Å². The monoisotopic (exact) mass is 323 g/mol. The van der Waals surface area contributed by atoms with Crippen LogP contribution in [0.1, 0.15) is 5.56 Å². The molecule has 0 spiro atoms. The highest BCUT2D eigenvalue weighted by atomic mass is 35.5. The number of carbonyl (C=O) groups excluding carboxylic acids is 1. The summed E-state index contributed by atoms with van der Waals surface area (Å²) in [6.07, 6.45) is 0. The molecule has 0 atom stereocenters. The fourth-order valence-corrected chi connectivity index (χ4v) is 2.99. The maximum absolute atomic E-state index is 13.1. The lowest BCUT2D eigenvalue weighted by atomic mass is 10.2. The molecule has 1 amide bonds. The van der Waals surface area contributed by atoms with Gasteiger partial charge in [0.2, 0.25) is 5.91 Å². The molecule has 2 rings (SSSR count). The fourth-order valence-electron chi connectivity index (χ4n) is 1.81. The highest BCUT2D eigenvalue weighted by Crippen LogP contribution is 2.26. The molecule has 0 saturated carbocycles. The van der Waals surface area contributed by atoms with Crippen LogP contribution in [0.15, 0.2) is 53.4 Å². The summed E-state index contributed by atoms with van der Waals surface area (Å²) in [4.78, 5) is 14.5. The predicted molar refractivity (Wildman–Crippen MR) is 85.1 cm³/mol. The summed E-state index contributed by atoms with van der Waals surface area (Å²) in [6.45, 7) is 0.389. The number of nitrogens with zero attached hydrogens (tertiary/aromatic N) is 1. The van der Waals surface area contributed by atoms with Crippen LogP contribution in [-0.2, 0) is 11.3 Å². The van der Waals surface area contributed by atoms with Gasteiger partial charge in [0.15, 0.2) is 0 Å². The van der Waals surface area contributed by atoms with Crippen LogP contribution in [0.3, 0.4) is 0 Å². The number of rotatable bonds is 5. The van der Waals surface area contributed by atoms with E-state index in [0.717, 1.165) is 10.5 Å². The largest absolute Gasteiger partial charge is 0.341 e. The summed E-state index contributed by atoms with van der Waals surface area (Å²) in [5.41, 5.74) is 0.772. The zero-order valence-corrected chi connectivity index (χ0v) is 13.1. The number of thioether (sulfide) groups is 1. The molecule has 2 aromatic rings. The highest BCUT2D eigenvalue weighted by molar-refractivity contribution is 8.00. The van der Waals surface area contributed by atoms with Crippen molar-refractivity contribution in [2.45, 2.75) is 11.4 Å². The molecule has 0 aliphatic carbocycles. The van der Waals surface area contributed by atoms with Crippen LogP contribution in [0, 0.1) is 5.82 Å². The second-order valence-electron chi connectivity index (χ2n) is 4.60. The number of carbonyl (C=O) groups is 1. The molecule has 110 valence electrons. The molecule has 0 aliphatic heterocycles. The number of halogens is 2. The fraction of sp³-hybridized carbons (Fsp3) is 0.188. The summed E-state index contributed by atoms with van der Waals surface area (Å²) in [6, 6.07) is 13.7. The van der Waals surface area contributed by atoms with E-state index >= 15 is 0 Å². The van der Waals surface area contributed by atoms with Crippen LogP contribution in [0.5, 0.6) is 0 Å². The molecule has 0 aliphatic rings. The van der Waals surface area contributed by atoms with Gasteiger partial charge in [0, 0.05) is 18.5 Å². The molecular weight excluding hydrogens is 309 g/mol. The smallest absolute Gasteiger partial charge is 0.232 e. The Hall–Kier alpha value is -1.52. The van der Waals surface area contributed by atoms with Gasteiger partial charge in [-0.1, -0.05) is 35.9 Å². The summed E-state index contributed by atoms with van der Waals surface area (Å²) >= 11 is 7.45. The summed E-state index contributed by atoms with van der Waals surface area (Å²) in [5, 5.41) is 0.642. The van der Waals surface area contributed by atoms with E-state index < -0.39 is 0 Å². The third kappa shape index (κ3) is 4.76. The molecule has 5 heteroatoms. The van der Waals surface area contributed by atoms with Gasteiger partial charge in [-0.25, -0.2) is 4.39 Å². The van der Waals surface area contributed by atoms with Crippen molar-refractivity contribution in [1.29, 1.82) is 0 Å². The molecular formula is C16H15ClFNOS. The molecule has 2 aromatic carbocycles. The zero-order chi connectivity index (χ0) is 15.2. The van der Waals surface area contributed by atoms with E-state index in [1.54, 1.807) is 30.1 Å². The minimum Gasteiger partial charge on any atom is -0.341 e. The Labute approximate surface area is 132 Å². The number of hydrogen-bond acceptors (Lipinski definition) is 2. The van der Waals surface area contributed by atoms with E-state index in [4.69, 9.17) is 11.6 Å². The van der Waals surface area contributed by atoms with Crippen molar-refractivity contribution in [1.82, 2.24) is 4.90 Å². The van der Waals surface area contributed by atoms with Crippen LogP contribution in [-0.4, -0.2) is 23.6 Å². The SMILES string of the molecule is CN(Cc1cccc(F)c1)C(=O)CSc1ccccc1Cl. The minimum absolute atomic E-state index is 0.0239. The third-order valence-electron chi connectivity index (χ3n) is 2.92. The Morgan fingerprint density at radius 1 is 1.24 bits per heavy atom. The second-order valence-corrected chi connectivity index (χ2v) is 6.02. The molecule has 0 unspecified atom stereocenters. The highest BCUT2D eigenvalue weighted by Gasteiger charge is 2.11. The van der Waals surface area contributed by atoms with E-state index in [9.17, 15) is 9.18 Å². The van der Waals surface area contributed by atoms with Crippen molar-refractivity contribution in [3.63, 3.8) is 0 Å². The second kappa shape index (κ2) is 7.48. The first-order valence-electron chi connectivity index (χ1n) is 6.42. The van der Waals surface area contributed by atoms with Crippen molar-refractivity contribution in [2.24, 2.45) is 0 Å². The van der Waals surface area contributed by atoms with Crippen LogP contribution >= 0.6 is 23.4 Å². The molecule has 0 bridgehead atoms. The van der Waals surface area contributed by atoms with Crippen LogP contribution in [0.25, 0.3) is 0 Å². The van der Waals surface area contributed by atoms with Gasteiger partial charge in [0.25, 0.3) is 0 Å². The van der Waals surface area contributed by atoms with Gasteiger partial charge < -0.3 is 4.90 Å². The summed E-state index contributed by atoms with van der Waals surface area (Å²) < 4.78 is 13.1. The number of hydrogen-bond donors (Lipinski definition) is 0. The van der Waals surface area contributed by atoms with Crippen LogP contribution in [0.2, 0.25) is 5.02 Å². The first-order valence-corrected chi connectivity index (χ1v) is 7.78. The van der Waals surface area contributed by atoms with Gasteiger partial charge in [0.05, 0.1) is 10.8 Å². The van der Waals surface area contributed by atoms with E-state index in [0.29, 0.717) is 17.3 Å². The van der Waals surface area contributed by atoms with E-state index in [-0.39, 0.29) is 11.7 Å². The Morgan fingerprint density at radius 3 is 2.71 bits per heavy atom. The van der Waals surface area contributed by atoms with Gasteiger partial charge in [-0.15, -0.1) is 11.8 Å². The lowest BCUT2D eigenvalue weighted by Crippen LogP contribution is -2.27. The van der Waals surface area contributed by atoms with E-state index in [2.05, 4.69) is 0 Å². The van der Waals surface area contributed by atoms with Crippen LogP contribution in [0.4, 0.5) is 4.39 Å². The normalized spacial score (nSPS) is 10.4. The van der Waals surface area contributed by atoms with Crippen molar-refractivity contribution in [3.8, 4) is 0 Å². The molecule has 0 aromatic heterocycles. The van der Waals surface area contributed by atoms with Gasteiger partial charge in [-0.2, -0.15) is 0 Å². The zero-order valence-electron chi connectivity index (χ0n) is 11.6. The third-order valence-corrected chi connectivity index (χ3v) is 4.42. The Morgan fingerprint density at radius 2 is 2.00 bits per heavy atom. The molecule has 0 N–H and O–H groups in total. The number of amides is 1. The topological polar surface area (TPSA) is 20.3 Å². The van der Waals surface area contributed by atoms with Gasteiger partial charge in [0.1, 0.15) is 5.82 Å². The lowest BCUT2D eigenvalue weighted by molar-refractivity contribution is -0.127. The van der Waals surface area contributed by atoms with Gasteiger partial charge in [-0.05, 0) is 29.8 Å². The predicted octanol–water partition coefficient (Wildman–Crippen LogP) is 4.23. The van der Waals surface area contributed by atoms with Crippen molar-refractivity contribution < 1.29 is 9.18 Å².